The summed E-state index contributed by atoms with van der Waals surface area (Å²) in [5, 5.41) is 22.8. The Bertz CT molecular complexity index is 683. The third kappa shape index (κ3) is 3.54. The topological polar surface area (TPSA) is 79.0 Å². The molecule has 2 rings (SSSR count). The fourth-order valence-electron chi connectivity index (χ4n) is 1.99. The average molecular weight is 285 g/mol. The predicted octanol–water partition coefficient (Wildman–Crippen LogP) is 3.80. The van der Waals surface area contributed by atoms with Gasteiger partial charge in [0, 0.05) is 0 Å². The highest BCUT2D eigenvalue weighted by Gasteiger charge is 2.19. The molecular formula is C15H12FN3O2. The molecule has 0 fully saturated rings. The number of halogens is 1. The summed E-state index contributed by atoms with van der Waals surface area (Å²) in [5.41, 5.74) is 0.664. The molecule has 0 radical (unpaired) electrons. The van der Waals surface area contributed by atoms with Crippen LogP contribution in [0.4, 0.5) is 15.8 Å². The molecule has 1 N–H and O–H groups in total. The lowest BCUT2D eigenvalue weighted by molar-refractivity contribution is -0.384. The van der Waals surface area contributed by atoms with E-state index in [4.69, 9.17) is 5.26 Å². The van der Waals surface area contributed by atoms with Crippen molar-refractivity contribution in [3.63, 3.8) is 0 Å². The SMILES string of the molecule is N#CC[C@@H](Nc1ccc(F)cc1[N+](=O)[O-])c1ccccc1. The monoisotopic (exact) mass is 285 g/mol. The number of benzene rings is 2. The number of nitro groups is 1. The number of nitrogens with zero attached hydrogens (tertiary/aromatic N) is 2. The van der Waals surface area contributed by atoms with Crippen LogP contribution in [0.2, 0.25) is 0 Å². The number of nitro benzene ring substituents is 1. The summed E-state index contributed by atoms with van der Waals surface area (Å²) in [5.74, 6) is -0.677. The Balaban J connectivity index is 2.34. The number of rotatable bonds is 5. The second-order valence-electron chi connectivity index (χ2n) is 4.39. The summed E-state index contributed by atoms with van der Waals surface area (Å²) >= 11 is 0. The molecule has 2 aromatic rings. The minimum atomic E-state index is -0.677. The average Bonchev–Trinajstić information content (AvgIpc) is 2.49. The van der Waals surface area contributed by atoms with E-state index in [2.05, 4.69) is 5.32 Å². The van der Waals surface area contributed by atoms with E-state index < -0.39 is 16.8 Å². The van der Waals surface area contributed by atoms with Crippen LogP contribution in [0, 0.1) is 27.3 Å². The Morgan fingerprint density at radius 3 is 2.62 bits per heavy atom. The summed E-state index contributed by atoms with van der Waals surface area (Å²) in [7, 11) is 0. The van der Waals surface area contributed by atoms with Crippen LogP contribution < -0.4 is 5.32 Å². The van der Waals surface area contributed by atoms with E-state index in [1.54, 1.807) is 0 Å². The maximum Gasteiger partial charge on any atom is 0.295 e. The van der Waals surface area contributed by atoms with Crippen LogP contribution in [-0.2, 0) is 0 Å². The fraction of sp³-hybridized carbons (Fsp3) is 0.133. The number of nitrogens with one attached hydrogen (secondary N) is 1. The third-order valence-electron chi connectivity index (χ3n) is 2.98. The van der Waals surface area contributed by atoms with Gasteiger partial charge in [-0.2, -0.15) is 5.26 Å². The highest BCUT2D eigenvalue weighted by atomic mass is 19.1. The summed E-state index contributed by atoms with van der Waals surface area (Å²) < 4.78 is 13.1. The molecule has 0 amide bonds. The summed E-state index contributed by atoms with van der Waals surface area (Å²) in [6, 6.07) is 14.1. The van der Waals surface area contributed by atoms with E-state index >= 15 is 0 Å². The molecule has 0 aliphatic heterocycles. The van der Waals surface area contributed by atoms with Crippen LogP contribution in [0.3, 0.4) is 0 Å². The summed E-state index contributed by atoms with van der Waals surface area (Å²) in [4.78, 5) is 10.3. The summed E-state index contributed by atoms with van der Waals surface area (Å²) in [6.45, 7) is 0. The van der Waals surface area contributed by atoms with Crippen LogP contribution in [0.15, 0.2) is 48.5 Å². The number of hydrogen-bond donors (Lipinski definition) is 1. The molecule has 106 valence electrons. The molecule has 5 nitrogen and oxygen atoms in total. The second kappa shape index (κ2) is 6.48. The Morgan fingerprint density at radius 2 is 2.00 bits per heavy atom. The molecule has 0 spiro atoms. The quantitative estimate of drug-likeness (QED) is 0.669. The molecule has 21 heavy (non-hydrogen) atoms. The van der Waals surface area contributed by atoms with Crippen molar-refractivity contribution in [2.75, 3.05) is 5.32 Å². The fourth-order valence-corrected chi connectivity index (χ4v) is 1.99. The highest BCUT2D eigenvalue weighted by Crippen LogP contribution is 2.30. The van der Waals surface area contributed by atoms with Crippen LogP contribution in [0.1, 0.15) is 18.0 Å². The molecule has 1 atom stereocenters. The zero-order valence-electron chi connectivity index (χ0n) is 11.0. The van der Waals surface area contributed by atoms with E-state index in [1.165, 1.54) is 6.07 Å². The molecule has 0 bridgehead atoms. The molecule has 0 unspecified atom stereocenters. The number of hydrogen-bond acceptors (Lipinski definition) is 4. The highest BCUT2D eigenvalue weighted by molar-refractivity contribution is 5.62. The molecule has 0 heterocycles. The molecule has 0 aliphatic carbocycles. The number of nitriles is 1. The van der Waals surface area contributed by atoms with Gasteiger partial charge in [0.1, 0.15) is 11.5 Å². The number of anilines is 1. The van der Waals surface area contributed by atoms with Crippen molar-refractivity contribution >= 4 is 11.4 Å². The Hall–Kier alpha value is -2.94. The minimum Gasteiger partial charge on any atom is -0.372 e. The lowest BCUT2D eigenvalue weighted by atomic mass is 10.0. The lowest BCUT2D eigenvalue weighted by Gasteiger charge is -2.17. The van der Waals surface area contributed by atoms with Crippen LogP contribution in [-0.4, -0.2) is 4.92 Å². The van der Waals surface area contributed by atoms with Gasteiger partial charge in [0.25, 0.3) is 5.69 Å². The van der Waals surface area contributed by atoms with E-state index in [-0.39, 0.29) is 17.8 Å². The normalized spacial score (nSPS) is 11.4. The van der Waals surface area contributed by atoms with Gasteiger partial charge >= 0.3 is 0 Å². The van der Waals surface area contributed by atoms with Gasteiger partial charge in [0.05, 0.1) is 29.5 Å². The van der Waals surface area contributed by atoms with Crippen LogP contribution in [0.5, 0.6) is 0 Å². The predicted molar refractivity (Wildman–Crippen MR) is 76.1 cm³/mol. The van der Waals surface area contributed by atoms with Gasteiger partial charge in [-0.25, -0.2) is 4.39 Å². The molecule has 0 aromatic heterocycles. The van der Waals surface area contributed by atoms with E-state index in [0.717, 1.165) is 17.7 Å². The van der Waals surface area contributed by atoms with Gasteiger partial charge in [-0.1, -0.05) is 30.3 Å². The molecule has 0 aliphatic rings. The first-order chi connectivity index (χ1) is 10.1. The third-order valence-corrected chi connectivity index (χ3v) is 2.98. The van der Waals surface area contributed by atoms with E-state index in [1.807, 2.05) is 36.4 Å². The molecule has 0 saturated heterocycles. The van der Waals surface area contributed by atoms with Crippen LogP contribution in [0.25, 0.3) is 0 Å². The zero-order valence-corrected chi connectivity index (χ0v) is 11.0. The Kier molecular flexibility index (Phi) is 4.46. The van der Waals surface area contributed by atoms with Crippen molar-refractivity contribution in [2.45, 2.75) is 12.5 Å². The van der Waals surface area contributed by atoms with Gasteiger partial charge in [-0.3, -0.25) is 10.1 Å². The smallest absolute Gasteiger partial charge is 0.295 e. The van der Waals surface area contributed by atoms with Crippen molar-refractivity contribution in [1.82, 2.24) is 0 Å². The first kappa shape index (κ1) is 14.5. The molecule has 6 heteroatoms. The van der Waals surface area contributed by atoms with Crippen molar-refractivity contribution in [3.8, 4) is 6.07 Å². The van der Waals surface area contributed by atoms with Crippen molar-refractivity contribution < 1.29 is 9.31 Å². The first-order valence-electron chi connectivity index (χ1n) is 6.24. The van der Waals surface area contributed by atoms with Gasteiger partial charge in [-0.15, -0.1) is 0 Å². The van der Waals surface area contributed by atoms with E-state index in [0.29, 0.717) is 0 Å². The van der Waals surface area contributed by atoms with Crippen molar-refractivity contribution in [2.24, 2.45) is 0 Å². The maximum absolute atomic E-state index is 13.1. The minimum absolute atomic E-state index is 0.137. The first-order valence-corrected chi connectivity index (χ1v) is 6.24. The lowest BCUT2D eigenvalue weighted by Crippen LogP contribution is -2.11. The van der Waals surface area contributed by atoms with Crippen molar-refractivity contribution in [1.29, 1.82) is 5.26 Å². The van der Waals surface area contributed by atoms with Gasteiger partial charge in [-0.05, 0) is 17.7 Å². The van der Waals surface area contributed by atoms with Gasteiger partial charge in [0.15, 0.2) is 0 Å². The molecule has 2 aromatic carbocycles. The van der Waals surface area contributed by atoms with Gasteiger partial charge < -0.3 is 5.32 Å². The maximum atomic E-state index is 13.1. The molecular weight excluding hydrogens is 273 g/mol. The van der Waals surface area contributed by atoms with Gasteiger partial charge in [0.2, 0.25) is 0 Å². The summed E-state index contributed by atoms with van der Waals surface area (Å²) in [6.07, 6.45) is 0.137. The second-order valence-corrected chi connectivity index (χ2v) is 4.39. The van der Waals surface area contributed by atoms with Crippen LogP contribution >= 0.6 is 0 Å². The Labute approximate surface area is 120 Å². The zero-order chi connectivity index (χ0) is 15.2. The van der Waals surface area contributed by atoms with Crippen molar-refractivity contribution in [3.05, 3.63) is 70.0 Å². The Morgan fingerprint density at radius 1 is 1.29 bits per heavy atom. The standard InChI is InChI=1S/C15H12FN3O2/c16-12-6-7-14(15(10-12)19(20)21)18-13(8-9-17)11-4-2-1-3-5-11/h1-7,10,13,18H,8H2/t13-/m1/s1. The largest absolute Gasteiger partial charge is 0.372 e. The molecule has 0 saturated carbocycles. The van der Waals surface area contributed by atoms with E-state index in [9.17, 15) is 14.5 Å².